The summed E-state index contributed by atoms with van der Waals surface area (Å²) in [5, 5.41) is -1.27. The molecule has 1 aromatic rings. The molecule has 6 nitrogen and oxygen atoms in total. The van der Waals surface area contributed by atoms with Gasteiger partial charge in [0.15, 0.2) is 5.25 Å². The summed E-state index contributed by atoms with van der Waals surface area (Å²) in [6, 6.07) is 6.34. The van der Waals surface area contributed by atoms with E-state index in [1.54, 1.807) is 31.2 Å². The Bertz CT molecular complexity index is 524. The third-order valence-corrected chi connectivity index (χ3v) is 4.08. The van der Waals surface area contributed by atoms with E-state index in [1.165, 1.54) is 14.0 Å². The van der Waals surface area contributed by atoms with Crippen molar-refractivity contribution < 1.29 is 22.7 Å². The van der Waals surface area contributed by atoms with Crippen LogP contribution in [0.2, 0.25) is 0 Å². The number of hydrogen-bond acceptors (Lipinski definition) is 5. The van der Waals surface area contributed by atoms with Gasteiger partial charge in [-0.05, 0) is 38.1 Å². The highest BCUT2D eigenvalue weighted by Crippen LogP contribution is 2.17. The summed E-state index contributed by atoms with van der Waals surface area (Å²) < 4.78 is 35.8. The zero-order chi connectivity index (χ0) is 14.5. The molecule has 1 N–H and O–H groups in total. The first-order chi connectivity index (χ1) is 8.90. The zero-order valence-corrected chi connectivity index (χ0v) is 11.9. The van der Waals surface area contributed by atoms with Crippen molar-refractivity contribution in [2.24, 2.45) is 0 Å². The summed E-state index contributed by atoms with van der Waals surface area (Å²) in [4.78, 5) is 11.4. The van der Waals surface area contributed by atoms with E-state index in [2.05, 4.69) is 9.46 Å². The lowest BCUT2D eigenvalue weighted by Crippen LogP contribution is -2.33. The average molecular weight is 287 g/mol. The summed E-state index contributed by atoms with van der Waals surface area (Å²) >= 11 is 0. The molecular weight excluding hydrogens is 270 g/mol. The van der Waals surface area contributed by atoms with Gasteiger partial charge in [-0.25, -0.2) is 8.42 Å². The molecule has 106 valence electrons. The number of nitrogens with one attached hydrogen (secondary N) is 1. The van der Waals surface area contributed by atoms with Gasteiger partial charge >= 0.3 is 5.97 Å². The van der Waals surface area contributed by atoms with Crippen LogP contribution < -0.4 is 9.46 Å². The van der Waals surface area contributed by atoms with Crippen LogP contribution in [0.5, 0.6) is 5.75 Å². The fourth-order valence-electron chi connectivity index (χ4n) is 1.30. The van der Waals surface area contributed by atoms with E-state index < -0.39 is 21.2 Å². The van der Waals surface area contributed by atoms with Gasteiger partial charge in [-0.2, -0.15) is 0 Å². The summed E-state index contributed by atoms with van der Waals surface area (Å²) in [7, 11) is -2.30. The molecule has 1 aromatic carbocycles. The summed E-state index contributed by atoms with van der Waals surface area (Å²) in [6.07, 6.45) is 0. The lowest BCUT2D eigenvalue weighted by atomic mass is 10.3. The zero-order valence-electron chi connectivity index (χ0n) is 11.0. The second-order valence-electron chi connectivity index (χ2n) is 3.77. The number of sulfonamides is 1. The molecule has 1 rings (SSSR count). The Morgan fingerprint density at radius 3 is 2.37 bits per heavy atom. The van der Waals surface area contributed by atoms with Crippen LogP contribution in [0.4, 0.5) is 5.69 Å². The number of methoxy groups -OCH3 is 1. The van der Waals surface area contributed by atoms with Crippen molar-refractivity contribution in [3.8, 4) is 5.75 Å². The van der Waals surface area contributed by atoms with E-state index in [0.717, 1.165) is 0 Å². The van der Waals surface area contributed by atoms with Crippen LogP contribution in [-0.4, -0.2) is 33.4 Å². The predicted octanol–water partition coefficient (Wildman–Crippen LogP) is 1.39. The van der Waals surface area contributed by atoms with Crippen molar-refractivity contribution in [1.29, 1.82) is 0 Å². The molecule has 7 heteroatoms. The van der Waals surface area contributed by atoms with Gasteiger partial charge in [0.05, 0.1) is 13.7 Å². The number of esters is 1. The third kappa shape index (κ3) is 4.13. The first kappa shape index (κ1) is 15.3. The molecule has 0 aliphatic carbocycles. The molecule has 19 heavy (non-hydrogen) atoms. The van der Waals surface area contributed by atoms with E-state index >= 15 is 0 Å². The highest BCUT2D eigenvalue weighted by atomic mass is 32.2. The van der Waals surface area contributed by atoms with Gasteiger partial charge in [-0.15, -0.1) is 0 Å². The van der Waals surface area contributed by atoms with Crippen LogP contribution in [0.1, 0.15) is 13.8 Å². The van der Waals surface area contributed by atoms with Crippen molar-refractivity contribution in [3.05, 3.63) is 24.3 Å². The topological polar surface area (TPSA) is 81.7 Å². The van der Waals surface area contributed by atoms with Gasteiger partial charge in [0.1, 0.15) is 5.75 Å². The van der Waals surface area contributed by atoms with Gasteiger partial charge in [0.2, 0.25) is 10.0 Å². The third-order valence-electron chi connectivity index (χ3n) is 2.43. The minimum Gasteiger partial charge on any atom is -0.497 e. The highest BCUT2D eigenvalue weighted by molar-refractivity contribution is 7.94. The minimum absolute atomic E-state index is 0.140. The van der Waals surface area contributed by atoms with Gasteiger partial charge < -0.3 is 9.47 Å². The molecule has 0 spiro atoms. The number of ether oxygens (including phenoxy) is 2. The lowest BCUT2D eigenvalue weighted by molar-refractivity contribution is -0.142. The van der Waals surface area contributed by atoms with Crippen molar-refractivity contribution in [1.82, 2.24) is 0 Å². The first-order valence-corrected chi connectivity index (χ1v) is 7.27. The fraction of sp³-hybridized carbons (Fsp3) is 0.417. The fourth-order valence-corrected chi connectivity index (χ4v) is 2.26. The normalized spacial score (nSPS) is 12.6. The standard InChI is InChI=1S/C12H17NO5S/c1-4-18-12(14)9(2)19(15,16)13-10-5-7-11(17-3)8-6-10/h5-9,13H,4H2,1-3H3. The molecule has 0 aromatic heterocycles. The minimum atomic E-state index is -3.82. The molecule has 0 amide bonds. The number of benzene rings is 1. The Morgan fingerprint density at radius 1 is 1.32 bits per heavy atom. The van der Waals surface area contributed by atoms with Crippen LogP contribution in [0.3, 0.4) is 0 Å². The van der Waals surface area contributed by atoms with Crippen LogP contribution >= 0.6 is 0 Å². The largest absolute Gasteiger partial charge is 0.497 e. The van der Waals surface area contributed by atoms with Crippen LogP contribution in [-0.2, 0) is 19.6 Å². The molecule has 0 saturated carbocycles. The summed E-state index contributed by atoms with van der Waals surface area (Å²) in [5.74, 6) is -0.162. The average Bonchev–Trinajstić information content (AvgIpc) is 2.38. The second kappa shape index (κ2) is 6.42. The Hall–Kier alpha value is -1.76. The lowest BCUT2D eigenvalue weighted by Gasteiger charge is -2.13. The molecular formula is C12H17NO5S. The molecule has 0 aliphatic heterocycles. The Morgan fingerprint density at radius 2 is 1.89 bits per heavy atom. The summed E-state index contributed by atoms with van der Waals surface area (Å²) in [5.41, 5.74) is 0.358. The maximum atomic E-state index is 11.9. The van der Waals surface area contributed by atoms with Crippen molar-refractivity contribution in [3.63, 3.8) is 0 Å². The van der Waals surface area contributed by atoms with Crippen molar-refractivity contribution in [2.75, 3.05) is 18.4 Å². The first-order valence-electron chi connectivity index (χ1n) is 5.73. The van der Waals surface area contributed by atoms with Gasteiger partial charge in [0.25, 0.3) is 0 Å². The van der Waals surface area contributed by atoms with Crippen molar-refractivity contribution >= 4 is 21.7 Å². The molecule has 0 bridgehead atoms. The van der Waals surface area contributed by atoms with Gasteiger partial charge in [-0.1, -0.05) is 0 Å². The van der Waals surface area contributed by atoms with E-state index in [4.69, 9.17) is 4.74 Å². The highest BCUT2D eigenvalue weighted by Gasteiger charge is 2.29. The molecule has 1 unspecified atom stereocenters. The van der Waals surface area contributed by atoms with Crippen molar-refractivity contribution in [2.45, 2.75) is 19.1 Å². The molecule has 0 radical (unpaired) electrons. The van der Waals surface area contributed by atoms with Crippen LogP contribution in [0.15, 0.2) is 24.3 Å². The van der Waals surface area contributed by atoms with Gasteiger partial charge in [-0.3, -0.25) is 9.52 Å². The number of anilines is 1. The quantitative estimate of drug-likeness (QED) is 0.799. The van der Waals surface area contributed by atoms with E-state index in [1.807, 2.05) is 0 Å². The van der Waals surface area contributed by atoms with Crippen LogP contribution in [0, 0.1) is 0 Å². The Labute approximate surface area is 112 Å². The monoisotopic (exact) mass is 287 g/mol. The molecule has 0 aliphatic rings. The van der Waals surface area contributed by atoms with E-state index in [9.17, 15) is 13.2 Å². The summed E-state index contributed by atoms with van der Waals surface area (Å²) in [6.45, 7) is 3.04. The SMILES string of the molecule is CCOC(=O)C(C)S(=O)(=O)Nc1ccc(OC)cc1. The smallest absolute Gasteiger partial charge is 0.325 e. The number of rotatable bonds is 6. The number of carbonyl (C=O) groups excluding carboxylic acids is 1. The number of carbonyl (C=O) groups is 1. The maximum Gasteiger partial charge on any atom is 0.325 e. The molecule has 0 saturated heterocycles. The van der Waals surface area contributed by atoms with Gasteiger partial charge in [0, 0.05) is 5.69 Å². The molecule has 0 fully saturated rings. The van der Waals surface area contributed by atoms with E-state index in [0.29, 0.717) is 11.4 Å². The second-order valence-corrected chi connectivity index (χ2v) is 5.77. The number of hydrogen-bond donors (Lipinski definition) is 1. The predicted molar refractivity (Wildman–Crippen MR) is 71.6 cm³/mol. The Kier molecular flexibility index (Phi) is 5.17. The maximum absolute atomic E-state index is 11.9. The molecule has 1 atom stereocenters. The van der Waals surface area contributed by atoms with E-state index in [-0.39, 0.29) is 6.61 Å². The Balaban J connectivity index is 2.80. The van der Waals surface area contributed by atoms with Crippen LogP contribution in [0.25, 0.3) is 0 Å². The molecule has 0 heterocycles.